The van der Waals surface area contributed by atoms with Gasteiger partial charge in [0.1, 0.15) is 11.4 Å². The van der Waals surface area contributed by atoms with Crippen molar-refractivity contribution in [3.63, 3.8) is 0 Å². The lowest BCUT2D eigenvalue weighted by Gasteiger charge is -2.33. The number of ether oxygens (including phenoxy) is 2. The minimum Gasteiger partial charge on any atom is -0.493 e. The number of aliphatic hydroxyl groups is 1. The van der Waals surface area contributed by atoms with Gasteiger partial charge in [0.05, 0.1) is 13.2 Å². The molecule has 1 aromatic carbocycles. The first-order valence-electron chi connectivity index (χ1n) is 6.29. The van der Waals surface area contributed by atoms with Gasteiger partial charge < -0.3 is 14.6 Å². The van der Waals surface area contributed by atoms with Gasteiger partial charge >= 0.3 is 0 Å². The molecular formula is C14H20O3. The molecule has 0 amide bonds. The van der Waals surface area contributed by atoms with Gasteiger partial charge in [0, 0.05) is 12.2 Å². The van der Waals surface area contributed by atoms with Crippen LogP contribution in [0.1, 0.15) is 31.7 Å². The van der Waals surface area contributed by atoms with Crippen LogP contribution < -0.4 is 4.74 Å². The molecule has 3 heteroatoms. The Kier molecular flexibility index (Phi) is 4.02. The highest BCUT2D eigenvalue weighted by Gasteiger charge is 2.34. The third-order valence-corrected chi connectivity index (χ3v) is 3.07. The number of hydrogen-bond donors (Lipinski definition) is 1. The molecule has 0 aliphatic carbocycles. The van der Waals surface area contributed by atoms with Crippen molar-refractivity contribution in [3.05, 3.63) is 29.8 Å². The average Bonchev–Trinajstić information content (AvgIpc) is 2.37. The van der Waals surface area contributed by atoms with E-state index in [9.17, 15) is 5.11 Å². The van der Waals surface area contributed by atoms with Crippen molar-refractivity contribution in [1.82, 2.24) is 0 Å². The largest absolute Gasteiger partial charge is 0.493 e. The van der Waals surface area contributed by atoms with Crippen molar-refractivity contribution < 1.29 is 14.6 Å². The van der Waals surface area contributed by atoms with Gasteiger partial charge in [0.2, 0.25) is 0 Å². The highest BCUT2D eigenvalue weighted by atomic mass is 16.5. The summed E-state index contributed by atoms with van der Waals surface area (Å²) in [7, 11) is 0. The second kappa shape index (κ2) is 5.52. The maximum atomic E-state index is 10.6. The van der Waals surface area contributed by atoms with Gasteiger partial charge in [-0.15, -0.1) is 0 Å². The molecule has 0 saturated carbocycles. The van der Waals surface area contributed by atoms with E-state index in [4.69, 9.17) is 9.47 Å². The Morgan fingerprint density at radius 3 is 2.94 bits per heavy atom. The molecule has 1 unspecified atom stereocenters. The van der Waals surface area contributed by atoms with Crippen LogP contribution in [0.3, 0.4) is 0 Å². The van der Waals surface area contributed by atoms with Crippen LogP contribution in [0.2, 0.25) is 0 Å². The maximum Gasteiger partial charge on any atom is 0.125 e. The van der Waals surface area contributed by atoms with E-state index in [-0.39, 0.29) is 0 Å². The van der Waals surface area contributed by atoms with Crippen molar-refractivity contribution in [2.45, 2.75) is 31.8 Å². The van der Waals surface area contributed by atoms with Gasteiger partial charge in [-0.3, -0.25) is 0 Å². The second-order valence-electron chi connectivity index (χ2n) is 4.53. The maximum absolute atomic E-state index is 10.6. The minimum atomic E-state index is -0.886. The predicted molar refractivity (Wildman–Crippen MR) is 66.2 cm³/mol. The third kappa shape index (κ3) is 2.79. The van der Waals surface area contributed by atoms with Crippen LogP contribution in [0.15, 0.2) is 24.3 Å². The Morgan fingerprint density at radius 1 is 1.41 bits per heavy atom. The van der Waals surface area contributed by atoms with Gasteiger partial charge in [0.15, 0.2) is 0 Å². The van der Waals surface area contributed by atoms with Crippen LogP contribution in [0.5, 0.6) is 5.75 Å². The lowest BCUT2D eigenvalue weighted by molar-refractivity contribution is -0.0914. The summed E-state index contributed by atoms with van der Waals surface area (Å²) in [6, 6.07) is 7.71. The molecule has 0 bridgehead atoms. The molecule has 1 fully saturated rings. The summed E-state index contributed by atoms with van der Waals surface area (Å²) >= 11 is 0. The zero-order valence-electron chi connectivity index (χ0n) is 10.3. The van der Waals surface area contributed by atoms with Crippen LogP contribution in [0.4, 0.5) is 0 Å². The van der Waals surface area contributed by atoms with E-state index in [1.54, 1.807) is 0 Å². The Labute approximate surface area is 102 Å². The minimum absolute atomic E-state index is 0.361. The first-order valence-corrected chi connectivity index (χ1v) is 6.29. The molecule has 1 heterocycles. The summed E-state index contributed by atoms with van der Waals surface area (Å²) in [5.74, 6) is 0.780. The Balaban J connectivity index is 2.23. The molecular weight excluding hydrogens is 216 g/mol. The summed E-state index contributed by atoms with van der Waals surface area (Å²) < 4.78 is 11.1. The molecule has 17 heavy (non-hydrogen) atoms. The summed E-state index contributed by atoms with van der Waals surface area (Å²) in [6.07, 6.45) is 2.58. The van der Waals surface area contributed by atoms with Crippen molar-refractivity contribution in [2.75, 3.05) is 19.8 Å². The zero-order chi connectivity index (χ0) is 12.1. The molecule has 3 nitrogen and oxygen atoms in total. The van der Waals surface area contributed by atoms with Crippen molar-refractivity contribution in [1.29, 1.82) is 0 Å². The molecule has 94 valence electrons. The Hall–Kier alpha value is -1.06. The molecule has 1 atom stereocenters. The number of para-hydroxylation sites is 1. The third-order valence-electron chi connectivity index (χ3n) is 3.07. The van der Waals surface area contributed by atoms with E-state index in [0.29, 0.717) is 13.2 Å². The lowest BCUT2D eigenvalue weighted by Crippen LogP contribution is -2.36. The second-order valence-corrected chi connectivity index (χ2v) is 4.53. The fourth-order valence-corrected chi connectivity index (χ4v) is 2.18. The highest BCUT2D eigenvalue weighted by Crippen LogP contribution is 2.36. The van der Waals surface area contributed by atoms with Crippen LogP contribution in [0, 0.1) is 0 Å². The lowest BCUT2D eigenvalue weighted by atomic mass is 9.88. The normalized spacial score (nSPS) is 24.6. The molecule has 1 aliphatic heterocycles. The average molecular weight is 236 g/mol. The van der Waals surface area contributed by atoms with Gasteiger partial charge in [-0.05, 0) is 25.3 Å². The van der Waals surface area contributed by atoms with E-state index in [0.717, 1.165) is 37.2 Å². The first kappa shape index (κ1) is 12.4. The molecule has 1 N–H and O–H groups in total. The van der Waals surface area contributed by atoms with Crippen LogP contribution in [0.25, 0.3) is 0 Å². The Morgan fingerprint density at radius 2 is 2.24 bits per heavy atom. The van der Waals surface area contributed by atoms with Crippen LogP contribution in [-0.4, -0.2) is 24.9 Å². The van der Waals surface area contributed by atoms with Gasteiger partial charge in [-0.25, -0.2) is 0 Å². The fraction of sp³-hybridized carbons (Fsp3) is 0.571. The standard InChI is InChI=1S/C14H20O3/c1-2-9-17-13-7-4-3-6-12(13)14(15)8-5-10-16-11-14/h3-4,6-7,15H,2,5,8-11H2,1H3. The Bertz CT molecular complexity index is 356. The smallest absolute Gasteiger partial charge is 0.125 e. The summed E-state index contributed by atoms with van der Waals surface area (Å²) in [4.78, 5) is 0. The highest BCUT2D eigenvalue weighted by molar-refractivity contribution is 5.38. The molecule has 0 spiro atoms. The van der Waals surface area contributed by atoms with E-state index in [1.807, 2.05) is 24.3 Å². The van der Waals surface area contributed by atoms with Crippen molar-refractivity contribution in [2.24, 2.45) is 0 Å². The summed E-state index contributed by atoms with van der Waals surface area (Å²) in [5, 5.41) is 10.6. The van der Waals surface area contributed by atoms with Gasteiger partial charge in [0.25, 0.3) is 0 Å². The fourth-order valence-electron chi connectivity index (χ4n) is 2.18. The van der Waals surface area contributed by atoms with Gasteiger partial charge in [-0.2, -0.15) is 0 Å². The van der Waals surface area contributed by atoms with Crippen molar-refractivity contribution in [3.8, 4) is 5.75 Å². The number of hydrogen-bond acceptors (Lipinski definition) is 3. The van der Waals surface area contributed by atoms with E-state index < -0.39 is 5.60 Å². The topological polar surface area (TPSA) is 38.7 Å². The molecule has 1 aliphatic rings. The number of rotatable bonds is 4. The summed E-state index contributed by atoms with van der Waals surface area (Å²) in [6.45, 7) is 3.84. The molecule has 0 aromatic heterocycles. The van der Waals surface area contributed by atoms with Gasteiger partial charge in [-0.1, -0.05) is 25.1 Å². The predicted octanol–water partition coefficient (Wildman–Crippen LogP) is 2.47. The van der Waals surface area contributed by atoms with E-state index in [2.05, 4.69) is 6.92 Å². The molecule has 1 aromatic rings. The van der Waals surface area contributed by atoms with E-state index >= 15 is 0 Å². The summed E-state index contributed by atoms with van der Waals surface area (Å²) in [5.41, 5.74) is -0.0316. The van der Waals surface area contributed by atoms with Crippen LogP contribution in [-0.2, 0) is 10.3 Å². The number of benzene rings is 1. The van der Waals surface area contributed by atoms with E-state index in [1.165, 1.54) is 0 Å². The molecule has 2 rings (SSSR count). The zero-order valence-corrected chi connectivity index (χ0v) is 10.3. The quantitative estimate of drug-likeness (QED) is 0.872. The SMILES string of the molecule is CCCOc1ccccc1C1(O)CCCOC1. The first-order chi connectivity index (χ1) is 8.26. The molecule has 0 radical (unpaired) electrons. The monoisotopic (exact) mass is 236 g/mol. The van der Waals surface area contributed by atoms with Crippen LogP contribution >= 0.6 is 0 Å². The van der Waals surface area contributed by atoms with Crippen molar-refractivity contribution >= 4 is 0 Å². The molecule has 1 saturated heterocycles.